The van der Waals surface area contributed by atoms with E-state index in [1.165, 1.54) is 6.07 Å². The molecule has 0 bridgehead atoms. The fourth-order valence-corrected chi connectivity index (χ4v) is 3.00. The van der Waals surface area contributed by atoms with Gasteiger partial charge in [-0.2, -0.15) is 0 Å². The van der Waals surface area contributed by atoms with Crippen LogP contribution in [0.5, 0.6) is 5.75 Å². The third-order valence-corrected chi connectivity index (χ3v) is 4.19. The number of phenolic OH excluding ortho intramolecular Hbond substituents is 1. The molecule has 1 unspecified atom stereocenters. The van der Waals surface area contributed by atoms with Gasteiger partial charge in [-0.15, -0.1) is 0 Å². The minimum Gasteiger partial charge on any atom is -0.506 e. The summed E-state index contributed by atoms with van der Waals surface area (Å²) in [5.41, 5.74) is 0.288. The van der Waals surface area contributed by atoms with Crippen LogP contribution in [0.1, 0.15) is 32.6 Å². The lowest BCUT2D eigenvalue weighted by Gasteiger charge is -2.36. The Balaban J connectivity index is 2.13. The first-order valence-corrected chi connectivity index (χ1v) is 7.46. The molecule has 0 aromatic heterocycles. The molecule has 1 atom stereocenters. The zero-order valence-corrected chi connectivity index (χ0v) is 12.5. The second-order valence-corrected chi connectivity index (χ2v) is 5.84. The van der Waals surface area contributed by atoms with Gasteiger partial charge in [-0.3, -0.25) is 4.79 Å². The monoisotopic (exact) mass is 296 g/mol. The number of phenols is 1. The summed E-state index contributed by atoms with van der Waals surface area (Å²) >= 11 is 5.87. The van der Waals surface area contributed by atoms with Crippen molar-refractivity contribution in [1.82, 2.24) is 5.32 Å². The Labute approximate surface area is 124 Å². The van der Waals surface area contributed by atoms with Crippen molar-refractivity contribution in [3.05, 3.63) is 23.2 Å². The van der Waals surface area contributed by atoms with Gasteiger partial charge in [0.25, 0.3) is 0 Å². The van der Waals surface area contributed by atoms with Crippen molar-refractivity contribution in [1.29, 1.82) is 0 Å². The van der Waals surface area contributed by atoms with E-state index in [9.17, 15) is 9.90 Å². The Morgan fingerprint density at radius 3 is 2.95 bits per heavy atom. The summed E-state index contributed by atoms with van der Waals surface area (Å²) < 4.78 is 0. The smallest absolute Gasteiger partial charge is 0.231 e. The van der Waals surface area contributed by atoms with Gasteiger partial charge in [-0.25, -0.2) is 0 Å². The van der Waals surface area contributed by atoms with Crippen LogP contribution in [0.4, 0.5) is 5.69 Å². The van der Waals surface area contributed by atoms with Crippen LogP contribution in [0.15, 0.2) is 18.2 Å². The summed E-state index contributed by atoms with van der Waals surface area (Å²) in [6, 6.07) is 4.73. The summed E-state index contributed by atoms with van der Waals surface area (Å²) in [6.07, 6.45) is 3.78. The molecule has 0 radical (unpaired) electrons. The lowest BCUT2D eigenvalue weighted by atomic mass is 9.76. The van der Waals surface area contributed by atoms with Crippen LogP contribution in [0.2, 0.25) is 5.02 Å². The average molecular weight is 297 g/mol. The highest BCUT2D eigenvalue weighted by Gasteiger charge is 2.38. The van der Waals surface area contributed by atoms with Gasteiger partial charge >= 0.3 is 0 Å². The Bertz CT molecular complexity index is 479. The van der Waals surface area contributed by atoms with Crippen LogP contribution >= 0.6 is 11.6 Å². The quantitative estimate of drug-likeness (QED) is 0.748. The molecular weight excluding hydrogens is 276 g/mol. The highest BCUT2D eigenvalue weighted by atomic mass is 35.5. The second-order valence-electron chi connectivity index (χ2n) is 5.43. The molecule has 2 rings (SSSR count). The molecule has 1 saturated heterocycles. The van der Waals surface area contributed by atoms with E-state index in [-0.39, 0.29) is 22.1 Å². The molecule has 1 aliphatic heterocycles. The summed E-state index contributed by atoms with van der Waals surface area (Å²) in [5.74, 6) is 0.0561. The maximum Gasteiger partial charge on any atom is 0.231 e. The van der Waals surface area contributed by atoms with E-state index in [1.54, 1.807) is 12.1 Å². The van der Waals surface area contributed by atoms with Crippen LogP contribution in [-0.4, -0.2) is 24.1 Å². The zero-order chi connectivity index (χ0) is 14.6. The third-order valence-electron chi connectivity index (χ3n) is 3.89. The Morgan fingerprint density at radius 2 is 2.35 bits per heavy atom. The highest BCUT2D eigenvalue weighted by molar-refractivity contribution is 6.32. The topological polar surface area (TPSA) is 61.4 Å². The van der Waals surface area contributed by atoms with Gasteiger partial charge in [0.05, 0.1) is 10.4 Å². The number of piperidine rings is 1. The van der Waals surface area contributed by atoms with E-state index in [4.69, 9.17) is 11.6 Å². The third kappa shape index (κ3) is 3.25. The Hall–Kier alpha value is -1.26. The van der Waals surface area contributed by atoms with E-state index in [1.807, 2.05) is 0 Å². The average Bonchev–Trinajstić information content (AvgIpc) is 2.44. The van der Waals surface area contributed by atoms with Gasteiger partial charge in [-0.05, 0) is 44.0 Å². The molecule has 4 nitrogen and oxygen atoms in total. The van der Waals surface area contributed by atoms with E-state index in [0.29, 0.717) is 5.69 Å². The molecule has 0 aliphatic carbocycles. The fourth-order valence-electron chi connectivity index (χ4n) is 2.82. The molecule has 1 amide bonds. The molecule has 110 valence electrons. The normalized spacial score (nSPS) is 22.5. The number of nitrogens with one attached hydrogen (secondary N) is 2. The number of rotatable bonds is 4. The van der Waals surface area contributed by atoms with Crippen molar-refractivity contribution in [3.63, 3.8) is 0 Å². The highest BCUT2D eigenvalue weighted by Crippen LogP contribution is 2.34. The minimum atomic E-state index is -0.336. The van der Waals surface area contributed by atoms with Crippen LogP contribution in [0, 0.1) is 5.41 Å². The molecular formula is C15H21ClN2O2. The maximum absolute atomic E-state index is 12.6. The predicted molar refractivity (Wildman–Crippen MR) is 81.2 cm³/mol. The number of carbonyl (C=O) groups is 1. The van der Waals surface area contributed by atoms with E-state index in [2.05, 4.69) is 17.6 Å². The van der Waals surface area contributed by atoms with E-state index >= 15 is 0 Å². The number of halogens is 1. The van der Waals surface area contributed by atoms with Gasteiger partial charge in [0.2, 0.25) is 5.91 Å². The van der Waals surface area contributed by atoms with Gasteiger partial charge in [0, 0.05) is 12.2 Å². The van der Waals surface area contributed by atoms with Gasteiger partial charge < -0.3 is 15.7 Å². The van der Waals surface area contributed by atoms with E-state index in [0.717, 1.165) is 38.8 Å². The minimum absolute atomic E-state index is 0.0206. The number of hydrogen-bond donors (Lipinski definition) is 3. The van der Waals surface area contributed by atoms with Gasteiger partial charge in [-0.1, -0.05) is 24.9 Å². The summed E-state index contributed by atoms with van der Waals surface area (Å²) in [7, 11) is 0. The Kier molecular flexibility index (Phi) is 4.89. The molecule has 0 saturated carbocycles. The SMILES string of the molecule is CCCC1(C(=O)Nc2ccc(O)c(Cl)c2)CCCNC1. The zero-order valence-electron chi connectivity index (χ0n) is 11.7. The van der Waals surface area contributed by atoms with Crippen molar-refractivity contribution in [2.75, 3.05) is 18.4 Å². The van der Waals surface area contributed by atoms with E-state index < -0.39 is 0 Å². The molecule has 1 heterocycles. The molecule has 20 heavy (non-hydrogen) atoms. The first-order chi connectivity index (χ1) is 9.57. The van der Waals surface area contributed by atoms with Crippen molar-refractivity contribution in [3.8, 4) is 5.75 Å². The summed E-state index contributed by atoms with van der Waals surface area (Å²) in [4.78, 5) is 12.6. The van der Waals surface area contributed by atoms with Crippen molar-refractivity contribution >= 4 is 23.2 Å². The van der Waals surface area contributed by atoms with Crippen LogP contribution in [0.3, 0.4) is 0 Å². The molecule has 0 spiro atoms. The maximum atomic E-state index is 12.6. The van der Waals surface area contributed by atoms with Gasteiger partial charge in [0.1, 0.15) is 5.75 Å². The number of carbonyl (C=O) groups excluding carboxylic acids is 1. The fraction of sp³-hybridized carbons (Fsp3) is 0.533. The van der Waals surface area contributed by atoms with Crippen LogP contribution < -0.4 is 10.6 Å². The molecule has 1 aromatic rings. The first kappa shape index (κ1) is 15.1. The number of aromatic hydroxyl groups is 1. The van der Waals surface area contributed by atoms with Crippen LogP contribution in [0.25, 0.3) is 0 Å². The summed E-state index contributed by atoms with van der Waals surface area (Å²) in [5, 5.41) is 15.9. The lowest BCUT2D eigenvalue weighted by molar-refractivity contribution is -0.127. The molecule has 1 aliphatic rings. The Morgan fingerprint density at radius 1 is 1.55 bits per heavy atom. The number of benzene rings is 1. The van der Waals surface area contributed by atoms with Crippen LogP contribution in [-0.2, 0) is 4.79 Å². The second kappa shape index (κ2) is 6.46. The molecule has 1 fully saturated rings. The molecule has 3 N–H and O–H groups in total. The number of anilines is 1. The van der Waals surface area contributed by atoms with Crippen molar-refractivity contribution in [2.24, 2.45) is 5.41 Å². The largest absolute Gasteiger partial charge is 0.506 e. The lowest BCUT2D eigenvalue weighted by Crippen LogP contribution is -2.48. The molecule has 5 heteroatoms. The number of amides is 1. The standard InChI is InChI=1S/C15H21ClN2O2/c1-2-6-15(7-3-8-17-10-15)14(20)18-11-4-5-13(19)12(16)9-11/h4-5,9,17,19H,2-3,6-8,10H2,1H3,(H,18,20). The van der Waals surface area contributed by atoms with Gasteiger partial charge in [0.15, 0.2) is 0 Å². The molecule has 1 aromatic carbocycles. The summed E-state index contributed by atoms with van der Waals surface area (Å²) in [6.45, 7) is 3.79. The van der Waals surface area contributed by atoms with Crippen molar-refractivity contribution in [2.45, 2.75) is 32.6 Å². The predicted octanol–water partition coefficient (Wildman–Crippen LogP) is 3.15. The van der Waals surface area contributed by atoms with Crippen molar-refractivity contribution < 1.29 is 9.90 Å². The first-order valence-electron chi connectivity index (χ1n) is 7.08. The number of hydrogen-bond acceptors (Lipinski definition) is 3.